The molecule has 0 amide bonds. The van der Waals surface area contributed by atoms with Gasteiger partial charge in [0.15, 0.2) is 0 Å². The largest absolute Gasteiger partial charge is 0.508 e. The molecule has 0 aliphatic heterocycles. The Morgan fingerprint density at radius 3 is 2.69 bits per heavy atom. The van der Waals surface area contributed by atoms with Gasteiger partial charge in [0, 0.05) is 0 Å². The molecule has 1 rings (SSSR count). The normalized spacial score (nSPS) is 13.5. The Hall–Kier alpha value is -1.35. The molecule has 1 aromatic carbocycles. The van der Waals surface area contributed by atoms with Crippen molar-refractivity contribution < 1.29 is 11.3 Å². The minimum absolute atomic E-state index is 0.201. The van der Waals surface area contributed by atoms with Gasteiger partial charge in [-0.25, -0.2) is 0 Å². The molecule has 0 heterocycles. The number of benzene rings is 1. The number of hydrogen-bond donors (Lipinski definition) is 2. The number of aldehydes is 1. The third kappa shape index (κ3) is 2.87. The quantitative estimate of drug-likeness (QED) is 0.671. The Kier molecular flexibility index (Phi) is 2.94. The summed E-state index contributed by atoms with van der Waals surface area (Å²) in [5.74, 6) is 0.201. The van der Waals surface area contributed by atoms with E-state index in [0.717, 1.165) is 5.56 Å². The zero-order valence-corrected chi connectivity index (χ0v) is 7.45. The highest BCUT2D eigenvalue weighted by molar-refractivity contribution is 5.58. The van der Waals surface area contributed by atoms with E-state index in [9.17, 15) is 4.79 Å². The van der Waals surface area contributed by atoms with E-state index in [-0.39, 0.29) is 5.75 Å². The van der Waals surface area contributed by atoms with Gasteiger partial charge in [-0.15, -0.1) is 0 Å². The van der Waals surface area contributed by atoms with Gasteiger partial charge in [-0.2, -0.15) is 0 Å². The molecule has 0 aliphatic rings. The zero-order valence-electron chi connectivity index (χ0n) is 8.45. The molecule has 0 aliphatic carbocycles. The lowest BCUT2D eigenvalue weighted by molar-refractivity contribution is -0.109. The molecule has 0 aromatic heterocycles. The van der Waals surface area contributed by atoms with E-state index >= 15 is 0 Å². The zero-order chi connectivity index (χ0) is 10.6. The fraction of sp³-hybridized carbons (Fsp3) is 0.300. The van der Waals surface area contributed by atoms with Crippen molar-refractivity contribution in [3.63, 3.8) is 0 Å². The summed E-state index contributed by atoms with van der Waals surface area (Å²) in [6.07, 6.45) is -0.153. The average molecular weight is 180 g/mol. The lowest BCUT2D eigenvalue weighted by atomic mass is 10.1. The van der Waals surface area contributed by atoms with E-state index < -0.39 is 12.3 Å². The SMILES string of the molecule is [2H]C(=O)[C@H](Cc1ccc(O)cc1)NC. The van der Waals surface area contributed by atoms with Crippen LogP contribution in [0.4, 0.5) is 0 Å². The minimum atomic E-state index is -0.624. The fourth-order valence-corrected chi connectivity index (χ4v) is 1.07. The van der Waals surface area contributed by atoms with E-state index in [1.807, 2.05) is 0 Å². The molecule has 70 valence electrons. The van der Waals surface area contributed by atoms with Crippen LogP contribution in [0.3, 0.4) is 0 Å². The summed E-state index contributed by atoms with van der Waals surface area (Å²) in [6.45, 7) is 0. The standard InChI is InChI=1S/C10H13NO2/c1-11-9(7-12)6-8-2-4-10(13)5-3-8/h2-5,7,9,11,13H,6H2,1H3/t9-/m0/s1/i7D. The maximum absolute atomic E-state index is 10.8. The van der Waals surface area contributed by atoms with Crippen molar-refractivity contribution in [2.45, 2.75) is 12.5 Å². The predicted octanol–water partition coefficient (Wildman–Crippen LogP) is 0.722. The number of hydrogen-bond acceptors (Lipinski definition) is 3. The number of carbonyl (C=O) groups is 1. The summed E-state index contributed by atoms with van der Waals surface area (Å²) in [5.41, 5.74) is 0.919. The smallest absolute Gasteiger partial charge is 0.137 e. The van der Waals surface area contributed by atoms with Crippen LogP contribution in [-0.2, 0) is 11.2 Å². The Bertz CT molecular complexity index is 310. The summed E-state index contributed by atoms with van der Waals surface area (Å²) in [7, 11) is 1.65. The molecule has 3 heteroatoms. The lowest BCUT2D eigenvalue weighted by Gasteiger charge is -2.08. The number of likely N-dealkylation sites (N-methyl/N-ethyl adjacent to an activating group) is 1. The number of carbonyl (C=O) groups excluding carboxylic acids is 1. The highest BCUT2D eigenvalue weighted by Crippen LogP contribution is 2.10. The van der Waals surface area contributed by atoms with Gasteiger partial charge in [0.25, 0.3) is 0 Å². The van der Waals surface area contributed by atoms with Crippen LogP contribution < -0.4 is 5.32 Å². The molecule has 0 spiro atoms. The maximum atomic E-state index is 10.8. The molecule has 0 unspecified atom stereocenters. The van der Waals surface area contributed by atoms with Crippen molar-refractivity contribution in [2.75, 3.05) is 7.05 Å². The topological polar surface area (TPSA) is 49.3 Å². The van der Waals surface area contributed by atoms with Crippen LogP contribution in [-0.4, -0.2) is 24.5 Å². The second-order valence-electron chi connectivity index (χ2n) is 2.83. The van der Waals surface area contributed by atoms with Gasteiger partial charge < -0.3 is 15.2 Å². The van der Waals surface area contributed by atoms with Crippen molar-refractivity contribution in [2.24, 2.45) is 0 Å². The van der Waals surface area contributed by atoms with E-state index in [2.05, 4.69) is 5.32 Å². The number of phenols is 1. The number of aromatic hydroxyl groups is 1. The second kappa shape index (κ2) is 4.62. The molecule has 13 heavy (non-hydrogen) atoms. The van der Waals surface area contributed by atoms with Crippen LogP contribution in [0.15, 0.2) is 24.3 Å². The number of phenolic OH excluding ortho intramolecular Hbond substituents is 1. The van der Waals surface area contributed by atoms with Crippen LogP contribution in [0.1, 0.15) is 6.93 Å². The molecule has 0 fully saturated rings. The summed E-state index contributed by atoms with van der Waals surface area (Å²) in [4.78, 5) is 10.8. The van der Waals surface area contributed by atoms with Gasteiger partial charge in [-0.3, -0.25) is 0 Å². The summed E-state index contributed by atoms with van der Waals surface area (Å²) >= 11 is 0. The molecule has 0 radical (unpaired) electrons. The minimum Gasteiger partial charge on any atom is -0.508 e. The van der Waals surface area contributed by atoms with Crippen molar-refractivity contribution in [3.05, 3.63) is 29.8 Å². The molecule has 0 saturated heterocycles. The van der Waals surface area contributed by atoms with E-state index in [1.54, 1.807) is 31.3 Å². The first-order chi connectivity index (χ1) is 6.63. The molecule has 3 nitrogen and oxygen atoms in total. The molecule has 2 N–H and O–H groups in total. The van der Waals surface area contributed by atoms with Crippen LogP contribution in [0.2, 0.25) is 0 Å². The van der Waals surface area contributed by atoms with Crippen molar-refractivity contribution in [1.29, 1.82) is 0 Å². The summed E-state index contributed by atoms with van der Waals surface area (Å²) < 4.78 is 6.98. The molecule has 1 atom stereocenters. The maximum Gasteiger partial charge on any atom is 0.137 e. The highest BCUT2D eigenvalue weighted by Gasteiger charge is 2.04. The fourth-order valence-electron chi connectivity index (χ4n) is 1.07. The molecular weight excluding hydrogens is 166 g/mol. The van der Waals surface area contributed by atoms with Gasteiger partial charge in [0.1, 0.15) is 13.4 Å². The molecule has 1 aromatic rings. The van der Waals surface area contributed by atoms with Crippen LogP contribution in [0, 0.1) is 0 Å². The Labute approximate surface area is 78.8 Å². The monoisotopic (exact) mass is 180 g/mol. The van der Waals surface area contributed by atoms with Crippen molar-refractivity contribution in [1.82, 2.24) is 5.32 Å². The van der Waals surface area contributed by atoms with Gasteiger partial charge in [-0.05, 0) is 31.2 Å². The van der Waals surface area contributed by atoms with Gasteiger partial charge in [0.2, 0.25) is 0 Å². The van der Waals surface area contributed by atoms with Gasteiger partial charge in [0.05, 0.1) is 6.04 Å². The van der Waals surface area contributed by atoms with Crippen LogP contribution >= 0.6 is 0 Å². The predicted molar refractivity (Wildman–Crippen MR) is 50.7 cm³/mol. The Morgan fingerprint density at radius 2 is 2.23 bits per heavy atom. The third-order valence-corrected chi connectivity index (χ3v) is 1.87. The first-order valence-electron chi connectivity index (χ1n) is 4.59. The second-order valence-corrected chi connectivity index (χ2v) is 2.83. The lowest BCUT2D eigenvalue weighted by Crippen LogP contribution is -2.28. The summed E-state index contributed by atoms with van der Waals surface area (Å²) in [5, 5.41) is 11.8. The average Bonchev–Trinajstić information content (AvgIpc) is 2.16. The molecule has 0 bridgehead atoms. The summed E-state index contributed by atoms with van der Waals surface area (Å²) in [6, 6.07) is 6.14. The molecule has 0 saturated carbocycles. The number of nitrogens with one attached hydrogen (secondary N) is 1. The van der Waals surface area contributed by atoms with E-state index in [1.165, 1.54) is 0 Å². The van der Waals surface area contributed by atoms with Crippen molar-refractivity contribution in [3.8, 4) is 5.75 Å². The van der Waals surface area contributed by atoms with Crippen molar-refractivity contribution >= 4 is 6.26 Å². The Balaban J connectivity index is 2.67. The first kappa shape index (κ1) is 8.26. The van der Waals surface area contributed by atoms with Gasteiger partial charge in [-0.1, -0.05) is 12.1 Å². The van der Waals surface area contributed by atoms with E-state index in [4.69, 9.17) is 6.48 Å². The Morgan fingerprint density at radius 1 is 1.62 bits per heavy atom. The highest BCUT2D eigenvalue weighted by atomic mass is 16.3. The molecular formula is C10H13NO2. The third-order valence-electron chi connectivity index (χ3n) is 1.87. The van der Waals surface area contributed by atoms with E-state index in [0.29, 0.717) is 6.42 Å². The first-order valence-corrected chi connectivity index (χ1v) is 4.09. The number of rotatable bonds is 4. The van der Waals surface area contributed by atoms with Crippen LogP contribution in [0.5, 0.6) is 5.75 Å². The van der Waals surface area contributed by atoms with Crippen LogP contribution in [0.25, 0.3) is 0 Å². The van der Waals surface area contributed by atoms with Gasteiger partial charge >= 0.3 is 0 Å².